The highest BCUT2D eigenvalue weighted by molar-refractivity contribution is 7.16. The molecule has 3 heterocycles. The number of rotatable bonds is 4. The van der Waals surface area contributed by atoms with Gasteiger partial charge in [0.15, 0.2) is 5.76 Å². The van der Waals surface area contributed by atoms with Gasteiger partial charge in [0, 0.05) is 0 Å². The zero-order chi connectivity index (χ0) is 22.4. The standard InChI is InChI=1S/C19H15FN4O6S/c1-8(2)15-16(25)23(18(26)30-15)10-6-11-12(5-9(10)20)31-19(27)24(11)17-21-13(28-3)7-14(22-17)29-4/h5-7H,1-4H3. The van der Waals surface area contributed by atoms with Crippen molar-refractivity contribution >= 4 is 39.2 Å². The number of thiazole rings is 1. The van der Waals surface area contributed by atoms with Crippen molar-refractivity contribution < 1.29 is 28.2 Å². The van der Waals surface area contributed by atoms with E-state index in [0.29, 0.717) is 10.5 Å². The lowest BCUT2D eigenvalue weighted by molar-refractivity contribution is -0.114. The van der Waals surface area contributed by atoms with Crippen molar-refractivity contribution in [2.75, 3.05) is 19.1 Å². The van der Waals surface area contributed by atoms with Crippen molar-refractivity contribution in [1.29, 1.82) is 0 Å². The molecular formula is C19H15FN4O6S. The number of carbonyl (C=O) groups is 2. The smallest absolute Gasteiger partial charge is 0.427 e. The van der Waals surface area contributed by atoms with E-state index in [-0.39, 0.29) is 39.4 Å². The average Bonchev–Trinajstić information content (AvgIpc) is 3.21. The number of ether oxygens (including phenoxy) is 3. The van der Waals surface area contributed by atoms with Crippen molar-refractivity contribution in [3.8, 4) is 17.7 Å². The van der Waals surface area contributed by atoms with Crippen molar-refractivity contribution in [1.82, 2.24) is 14.5 Å². The molecule has 3 aromatic rings. The zero-order valence-corrected chi connectivity index (χ0v) is 17.6. The van der Waals surface area contributed by atoms with E-state index in [4.69, 9.17) is 14.2 Å². The predicted octanol–water partition coefficient (Wildman–Crippen LogP) is 2.78. The quantitative estimate of drug-likeness (QED) is 0.563. The summed E-state index contributed by atoms with van der Waals surface area (Å²) in [5.41, 5.74) is 0.291. The highest BCUT2D eigenvalue weighted by Crippen LogP contribution is 2.33. The Labute approximate surface area is 178 Å². The molecule has 0 bridgehead atoms. The van der Waals surface area contributed by atoms with Crippen molar-refractivity contribution in [3.05, 3.63) is 45.0 Å². The minimum absolute atomic E-state index is 0.0784. The van der Waals surface area contributed by atoms with Crippen LogP contribution < -0.4 is 19.2 Å². The van der Waals surface area contributed by atoms with Gasteiger partial charge in [0.25, 0.3) is 0 Å². The Bertz CT molecular complexity index is 1320. The van der Waals surface area contributed by atoms with Gasteiger partial charge in [-0.15, -0.1) is 0 Å². The van der Waals surface area contributed by atoms with E-state index in [1.54, 1.807) is 13.8 Å². The van der Waals surface area contributed by atoms with Crippen LogP contribution in [0.25, 0.3) is 16.2 Å². The van der Waals surface area contributed by atoms with E-state index < -0.39 is 22.7 Å². The van der Waals surface area contributed by atoms with Gasteiger partial charge in [-0.3, -0.25) is 9.59 Å². The molecule has 1 aromatic carbocycles. The van der Waals surface area contributed by atoms with Gasteiger partial charge in [-0.1, -0.05) is 11.3 Å². The van der Waals surface area contributed by atoms with Gasteiger partial charge in [0.2, 0.25) is 17.7 Å². The first-order chi connectivity index (χ1) is 14.7. The third-order valence-electron chi connectivity index (χ3n) is 4.40. The predicted molar refractivity (Wildman–Crippen MR) is 108 cm³/mol. The number of nitrogens with zero attached hydrogens (tertiary/aromatic N) is 4. The molecule has 0 aliphatic carbocycles. The number of hydrogen-bond donors (Lipinski definition) is 0. The lowest BCUT2D eigenvalue weighted by Crippen LogP contribution is -2.29. The third-order valence-corrected chi connectivity index (χ3v) is 5.30. The summed E-state index contributed by atoms with van der Waals surface area (Å²) in [5, 5.41) is 0. The van der Waals surface area contributed by atoms with Gasteiger partial charge < -0.3 is 14.2 Å². The van der Waals surface area contributed by atoms with Gasteiger partial charge in [0.05, 0.1) is 36.2 Å². The molecule has 1 saturated heterocycles. The second-order valence-electron chi connectivity index (χ2n) is 6.57. The van der Waals surface area contributed by atoms with Crippen LogP contribution in [0.4, 0.5) is 14.9 Å². The maximum absolute atomic E-state index is 14.8. The molecule has 0 radical (unpaired) electrons. The molecule has 0 N–H and O–H groups in total. The first-order valence-corrected chi connectivity index (χ1v) is 9.63. The van der Waals surface area contributed by atoms with Crippen LogP contribution in [0.5, 0.6) is 11.8 Å². The van der Waals surface area contributed by atoms with E-state index in [2.05, 4.69) is 9.97 Å². The van der Waals surface area contributed by atoms with Crippen LogP contribution >= 0.6 is 11.3 Å². The topological polar surface area (TPSA) is 113 Å². The fourth-order valence-corrected chi connectivity index (χ4v) is 3.85. The molecule has 10 nitrogen and oxygen atoms in total. The fourth-order valence-electron chi connectivity index (χ4n) is 2.97. The molecule has 4 rings (SSSR count). The second-order valence-corrected chi connectivity index (χ2v) is 7.56. The van der Waals surface area contributed by atoms with E-state index in [1.807, 2.05) is 0 Å². The molecule has 160 valence electrons. The molecule has 12 heteroatoms. The molecule has 2 amide bonds. The Balaban J connectivity index is 1.95. The summed E-state index contributed by atoms with van der Waals surface area (Å²) < 4.78 is 31.4. The molecule has 2 aromatic heterocycles. The number of anilines is 1. The summed E-state index contributed by atoms with van der Waals surface area (Å²) in [6.45, 7) is 3.18. The Morgan fingerprint density at radius 1 is 1.06 bits per heavy atom. The molecule has 0 atom stereocenters. The number of amides is 2. The monoisotopic (exact) mass is 446 g/mol. The summed E-state index contributed by atoms with van der Waals surface area (Å²) in [5.74, 6) is -1.64. The van der Waals surface area contributed by atoms with Gasteiger partial charge >= 0.3 is 16.9 Å². The van der Waals surface area contributed by atoms with Gasteiger partial charge in [0.1, 0.15) is 5.82 Å². The zero-order valence-electron chi connectivity index (χ0n) is 16.8. The number of hydrogen-bond acceptors (Lipinski definition) is 9. The molecular weight excluding hydrogens is 431 g/mol. The second kappa shape index (κ2) is 7.47. The third kappa shape index (κ3) is 3.30. The van der Waals surface area contributed by atoms with Gasteiger partial charge in [-0.25, -0.2) is 18.7 Å². The molecule has 0 unspecified atom stereocenters. The fraction of sp³-hybridized carbons (Fsp3) is 0.211. The number of aromatic nitrogens is 3. The maximum atomic E-state index is 14.8. The highest BCUT2D eigenvalue weighted by atomic mass is 32.1. The number of cyclic esters (lactones) is 1. The number of imide groups is 1. The largest absolute Gasteiger partial charge is 0.481 e. The Hall–Kier alpha value is -3.80. The molecule has 0 saturated carbocycles. The first-order valence-electron chi connectivity index (χ1n) is 8.81. The van der Waals surface area contributed by atoms with E-state index in [1.165, 1.54) is 26.4 Å². The summed E-state index contributed by atoms with van der Waals surface area (Å²) >= 11 is 0.750. The van der Waals surface area contributed by atoms with Crippen LogP contribution in [0.3, 0.4) is 0 Å². The van der Waals surface area contributed by atoms with Crippen molar-refractivity contribution in [2.24, 2.45) is 0 Å². The number of benzene rings is 1. The van der Waals surface area contributed by atoms with Gasteiger partial charge in [-0.05, 0) is 31.6 Å². The highest BCUT2D eigenvalue weighted by Gasteiger charge is 2.40. The summed E-state index contributed by atoms with van der Waals surface area (Å²) in [7, 11) is 2.78. The van der Waals surface area contributed by atoms with Crippen molar-refractivity contribution in [3.63, 3.8) is 0 Å². The van der Waals surface area contributed by atoms with E-state index in [0.717, 1.165) is 22.0 Å². The number of methoxy groups -OCH3 is 2. The normalized spacial score (nSPS) is 13.7. The minimum Gasteiger partial charge on any atom is -0.481 e. The summed E-state index contributed by atoms with van der Waals surface area (Å²) in [6, 6.07) is 3.69. The van der Waals surface area contributed by atoms with Gasteiger partial charge in [-0.2, -0.15) is 9.97 Å². The molecule has 1 aliphatic heterocycles. The van der Waals surface area contributed by atoms with Crippen LogP contribution in [-0.4, -0.2) is 40.8 Å². The lowest BCUT2D eigenvalue weighted by Gasteiger charge is -2.12. The number of carbonyl (C=O) groups excluding carboxylic acids is 2. The summed E-state index contributed by atoms with van der Waals surface area (Å²) in [6.07, 6.45) is -1.04. The van der Waals surface area contributed by atoms with Crippen LogP contribution in [0.2, 0.25) is 0 Å². The SMILES string of the molecule is COc1cc(OC)nc(-n2c(=O)sc3cc(F)c(N4C(=O)OC(=C(C)C)C4=O)cc32)n1. The number of allylic oxidation sites excluding steroid dienone is 1. The van der Waals surface area contributed by atoms with E-state index >= 15 is 0 Å². The summed E-state index contributed by atoms with van der Waals surface area (Å²) in [4.78, 5) is 45.9. The first kappa shape index (κ1) is 20.5. The van der Waals surface area contributed by atoms with E-state index in [9.17, 15) is 18.8 Å². The molecule has 1 fully saturated rings. The minimum atomic E-state index is -1.04. The van der Waals surface area contributed by atoms with Crippen molar-refractivity contribution in [2.45, 2.75) is 13.8 Å². The Morgan fingerprint density at radius 3 is 2.26 bits per heavy atom. The average molecular weight is 446 g/mol. The molecule has 0 spiro atoms. The van der Waals surface area contributed by atoms with Crippen LogP contribution in [0.1, 0.15) is 13.8 Å². The number of halogens is 1. The molecule has 1 aliphatic rings. The Kier molecular flexibility index (Phi) is 4.93. The lowest BCUT2D eigenvalue weighted by atomic mass is 10.2. The Morgan fingerprint density at radius 2 is 1.71 bits per heavy atom. The number of fused-ring (bicyclic) bond motifs is 1. The van der Waals surface area contributed by atoms with Crippen LogP contribution in [0.15, 0.2) is 34.3 Å². The maximum Gasteiger partial charge on any atom is 0.427 e. The van der Waals surface area contributed by atoms with Crippen LogP contribution in [0, 0.1) is 5.82 Å². The molecule has 31 heavy (non-hydrogen) atoms. The van der Waals surface area contributed by atoms with Crippen LogP contribution in [-0.2, 0) is 9.53 Å².